The number of methoxy groups -OCH3 is 1. The van der Waals surface area contributed by atoms with Gasteiger partial charge in [-0.2, -0.15) is 0 Å². The van der Waals surface area contributed by atoms with Crippen LogP contribution in [0.15, 0.2) is 30.6 Å². The minimum Gasteiger partial charge on any atom is -0.467 e. The smallest absolute Gasteiger partial charge is 0.329 e. The highest BCUT2D eigenvalue weighted by molar-refractivity contribution is 6.30. The van der Waals surface area contributed by atoms with Gasteiger partial charge in [-0.05, 0) is 17.7 Å². The second-order valence-corrected chi connectivity index (χ2v) is 5.83. The van der Waals surface area contributed by atoms with Gasteiger partial charge < -0.3 is 14.6 Å². The van der Waals surface area contributed by atoms with Gasteiger partial charge in [-0.1, -0.05) is 23.7 Å². The maximum Gasteiger partial charge on any atom is 0.329 e. The standard InChI is InChI=1S/C16H16ClN3O3/c1-23-16(22)14-7-12-13(19-9-18-12)8-20(14)15(21)6-10-2-4-11(17)5-3-10/h2-5,9,14H,6-8H2,1H3,(H,18,19). The molecule has 0 spiro atoms. The molecular formula is C16H16ClN3O3. The SMILES string of the molecule is COC(=O)C1Cc2nc[nH]c2CN1C(=O)Cc1ccc(Cl)cc1. The van der Waals surface area contributed by atoms with Crippen LogP contribution in [0.5, 0.6) is 0 Å². The highest BCUT2D eigenvalue weighted by atomic mass is 35.5. The number of esters is 1. The third-order valence-electron chi connectivity index (χ3n) is 3.96. The fraction of sp³-hybridized carbons (Fsp3) is 0.312. The Kier molecular flexibility index (Phi) is 4.34. The lowest BCUT2D eigenvalue weighted by Crippen LogP contribution is -2.49. The van der Waals surface area contributed by atoms with E-state index in [-0.39, 0.29) is 12.3 Å². The van der Waals surface area contributed by atoms with Gasteiger partial charge in [0.05, 0.1) is 37.8 Å². The molecule has 0 saturated carbocycles. The topological polar surface area (TPSA) is 75.3 Å². The number of H-pyrrole nitrogens is 1. The van der Waals surface area contributed by atoms with Gasteiger partial charge in [0.25, 0.3) is 0 Å². The lowest BCUT2D eigenvalue weighted by Gasteiger charge is -2.33. The van der Waals surface area contributed by atoms with E-state index in [9.17, 15) is 9.59 Å². The minimum absolute atomic E-state index is 0.136. The first-order valence-electron chi connectivity index (χ1n) is 7.21. The maximum atomic E-state index is 12.7. The number of hydrogen-bond donors (Lipinski definition) is 1. The molecule has 1 atom stereocenters. The zero-order chi connectivity index (χ0) is 16.4. The molecule has 6 nitrogen and oxygen atoms in total. The van der Waals surface area contributed by atoms with Crippen LogP contribution in [0.3, 0.4) is 0 Å². The molecule has 0 fully saturated rings. The van der Waals surface area contributed by atoms with E-state index in [4.69, 9.17) is 16.3 Å². The van der Waals surface area contributed by atoms with Crippen LogP contribution >= 0.6 is 11.6 Å². The number of carbonyl (C=O) groups is 2. The fourth-order valence-electron chi connectivity index (χ4n) is 2.72. The van der Waals surface area contributed by atoms with Gasteiger partial charge in [-0.25, -0.2) is 9.78 Å². The van der Waals surface area contributed by atoms with Crippen LogP contribution in [0.4, 0.5) is 0 Å². The molecule has 1 N–H and O–H groups in total. The first-order chi connectivity index (χ1) is 11.1. The molecule has 1 aromatic heterocycles. The summed E-state index contributed by atoms with van der Waals surface area (Å²) in [5, 5.41) is 0.619. The first-order valence-corrected chi connectivity index (χ1v) is 7.59. The highest BCUT2D eigenvalue weighted by Gasteiger charge is 2.36. The second kappa shape index (κ2) is 6.42. The van der Waals surface area contributed by atoms with E-state index in [0.717, 1.165) is 17.0 Å². The number of carbonyl (C=O) groups excluding carboxylic acids is 2. The summed E-state index contributed by atoms with van der Waals surface area (Å²) in [6.45, 7) is 0.321. The molecule has 7 heteroatoms. The summed E-state index contributed by atoms with van der Waals surface area (Å²) in [6.07, 6.45) is 2.14. The molecule has 2 heterocycles. The minimum atomic E-state index is -0.643. The van der Waals surface area contributed by atoms with Crippen molar-refractivity contribution in [2.75, 3.05) is 7.11 Å². The molecule has 1 aliphatic rings. The van der Waals surface area contributed by atoms with E-state index >= 15 is 0 Å². The highest BCUT2D eigenvalue weighted by Crippen LogP contribution is 2.22. The Labute approximate surface area is 138 Å². The van der Waals surface area contributed by atoms with Crippen LogP contribution in [0.25, 0.3) is 0 Å². The number of hydrogen-bond acceptors (Lipinski definition) is 4. The van der Waals surface area contributed by atoms with Gasteiger partial charge in [0.1, 0.15) is 6.04 Å². The van der Waals surface area contributed by atoms with E-state index in [0.29, 0.717) is 18.0 Å². The van der Waals surface area contributed by atoms with E-state index in [1.807, 2.05) is 0 Å². The van der Waals surface area contributed by atoms with Crippen molar-refractivity contribution in [1.82, 2.24) is 14.9 Å². The number of amides is 1. The average molecular weight is 334 g/mol. The summed E-state index contributed by atoms with van der Waals surface area (Å²) in [7, 11) is 1.32. The Morgan fingerprint density at radius 2 is 2.13 bits per heavy atom. The van der Waals surface area contributed by atoms with E-state index < -0.39 is 12.0 Å². The number of imidazole rings is 1. The maximum absolute atomic E-state index is 12.7. The lowest BCUT2D eigenvalue weighted by molar-refractivity contribution is -0.153. The zero-order valence-electron chi connectivity index (χ0n) is 12.6. The van der Waals surface area contributed by atoms with Crippen LogP contribution in [0, 0.1) is 0 Å². The largest absolute Gasteiger partial charge is 0.467 e. The van der Waals surface area contributed by atoms with E-state index in [1.54, 1.807) is 35.5 Å². The van der Waals surface area contributed by atoms with Gasteiger partial charge in [0.15, 0.2) is 0 Å². The first kappa shape index (κ1) is 15.6. The molecule has 1 unspecified atom stereocenters. The predicted octanol–water partition coefficient (Wildman–Crippen LogP) is 1.73. The van der Waals surface area contributed by atoms with E-state index in [1.165, 1.54) is 7.11 Å². The molecular weight excluding hydrogens is 318 g/mol. The van der Waals surface area contributed by atoms with Crippen LogP contribution in [-0.2, 0) is 33.7 Å². The number of nitrogens with zero attached hydrogens (tertiary/aromatic N) is 2. The molecule has 1 aliphatic heterocycles. The number of ether oxygens (including phenoxy) is 1. The van der Waals surface area contributed by atoms with Crippen LogP contribution in [0.1, 0.15) is 17.0 Å². The number of fused-ring (bicyclic) bond motifs is 1. The third-order valence-corrected chi connectivity index (χ3v) is 4.21. The average Bonchev–Trinajstić information content (AvgIpc) is 3.02. The number of aromatic amines is 1. The molecule has 0 saturated heterocycles. The number of nitrogens with one attached hydrogen (secondary N) is 1. The third kappa shape index (κ3) is 3.22. The number of rotatable bonds is 3. The number of benzene rings is 1. The molecule has 0 aliphatic carbocycles. The Bertz CT molecular complexity index is 726. The van der Waals surface area contributed by atoms with Crippen LogP contribution in [0.2, 0.25) is 5.02 Å². The predicted molar refractivity (Wildman–Crippen MR) is 83.8 cm³/mol. The van der Waals surface area contributed by atoms with E-state index in [2.05, 4.69) is 9.97 Å². The van der Waals surface area contributed by atoms with Crippen molar-refractivity contribution < 1.29 is 14.3 Å². The van der Waals surface area contributed by atoms with Crippen molar-refractivity contribution in [1.29, 1.82) is 0 Å². The lowest BCUT2D eigenvalue weighted by atomic mass is 10.0. The summed E-state index contributed by atoms with van der Waals surface area (Å²) in [4.78, 5) is 33.5. The number of halogens is 1. The Morgan fingerprint density at radius 3 is 2.83 bits per heavy atom. The molecule has 23 heavy (non-hydrogen) atoms. The van der Waals surface area contributed by atoms with Crippen molar-refractivity contribution in [2.45, 2.75) is 25.4 Å². The van der Waals surface area contributed by atoms with Crippen molar-refractivity contribution in [3.63, 3.8) is 0 Å². The summed E-state index contributed by atoms with van der Waals surface area (Å²) >= 11 is 5.86. The molecule has 1 amide bonds. The van der Waals surface area contributed by atoms with Crippen LogP contribution < -0.4 is 0 Å². The molecule has 0 bridgehead atoms. The normalized spacial score (nSPS) is 16.8. The monoisotopic (exact) mass is 333 g/mol. The summed E-state index contributed by atoms with van der Waals surface area (Å²) in [5.41, 5.74) is 2.50. The van der Waals surface area contributed by atoms with Crippen molar-refractivity contribution in [3.05, 3.63) is 52.6 Å². The van der Waals surface area contributed by atoms with Gasteiger partial charge in [-0.15, -0.1) is 0 Å². The Hall–Kier alpha value is -2.34. The Balaban J connectivity index is 1.81. The summed E-state index contributed by atoms with van der Waals surface area (Å²) in [5.74, 6) is -0.564. The van der Waals surface area contributed by atoms with Crippen LogP contribution in [-0.4, -0.2) is 39.9 Å². The second-order valence-electron chi connectivity index (χ2n) is 5.40. The van der Waals surface area contributed by atoms with Gasteiger partial charge in [0, 0.05) is 11.4 Å². The zero-order valence-corrected chi connectivity index (χ0v) is 13.3. The Morgan fingerprint density at radius 1 is 1.39 bits per heavy atom. The van der Waals surface area contributed by atoms with Crippen molar-refractivity contribution >= 4 is 23.5 Å². The molecule has 0 radical (unpaired) electrons. The molecule has 3 rings (SSSR count). The molecule has 2 aromatic rings. The van der Waals surface area contributed by atoms with Gasteiger partial charge in [0.2, 0.25) is 5.91 Å². The van der Waals surface area contributed by atoms with Crippen molar-refractivity contribution in [2.24, 2.45) is 0 Å². The number of aromatic nitrogens is 2. The summed E-state index contributed by atoms with van der Waals surface area (Å²) < 4.78 is 4.84. The van der Waals surface area contributed by atoms with Gasteiger partial charge >= 0.3 is 5.97 Å². The quantitative estimate of drug-likeness (QED) is 0.868. The van der Waals surface area contributed by atoms with Crippen molar-refractivity contribution in [3.8, 4) is 0 Å². The summed E-state index contributed by atoms with van der Waals surface area (Å²) in [6, 6.07) is 6.45. The van der Waals surface area contributed by atoms with Gasteiger partial charge in [-0.3, -0.25) is 4.79 Å². The molecule has 1 aromatic carbocycles. The molecule has 120 valence electrons. The fourth-order valence-corrected chi connectivity index (χ4v) is 2.85.